The van der Waals surface area contributed by atoms with Crippen LogP contribution in [-0.4, -0.2) is 12.1 Å². The van der Waals surface area contributed by atoms with Gasteiger partial charge < -0.3 is 5.32 Å². The second-order valence-electron chi connectivity index (χ2n) is 3.33. The molecule has 0 unspecified atom stereocenters. The fourth-order valence-corrected chi connectivity index (χ4v) is 1.80. The lowest BCUT2D eigenvalue weighted by atomic mass is 10.1. The molecule has 0 amide bonds. The zero-order valence-electron chi connectivity index (χ0n) is 7.19. The first kappa shape index (κ1) is 8.06. The molecule has 1 saturated heterocycles. The first-order valence-electron chi connectivity index (χ1n) is 4.62. The van der Waals surface area contributed by atoms with Gasteiger partial charge in [0, 0.05) is 12.1 Å². The minimum absolute atomic E-state index is 0.830. The highest BCUT2D eigenvalue weighted by atomic mass is 15.0. The quantitative estimate of drug-likeness (QED) is 0.636. The van der Waals surface area contributed by atoms with Crippen LogP contribution in [-0.2, 0) is 0 Å². The molecule has 0 spiro atoms. The van der Waals surface area contributed by atoms with E-state index < -0.39 is 0 Å². The molecule has 2 atom stereocenters. The van der Waals surface area contributed by atoms with E-state index in [0.29, 0.717) is 0 Å². The highest BCUT2D eigenvalue weighted by Crippen LogP contribution is 2.17. The molecule has 1 nitrogen and oxygen atoms in total. The molecule has 10 heavy (non-hydrogen) atoms. The van der Waals surface area contributed by atoms with E-state index in [-0.39, 0.29) is 0 Å². The average Bonchev–Trinajstić information content (AvgIpc) is 2.37. The summed E-state index contributed by atoms with van der Waals surface area (Å²) in [5.74, 6) is 0. The van der Waals surface area contributed by atoms with Gasteiger partial charge in [-0.05, 0) is 25.7 Å². The van der Waals surface area contributed by atoms with E-state index in [4.69, 9.17) is 0 Å². The van der Waals surface area contributed by atoms with Crippen LogP contribution in [0, 0.1) is 0 Å². The topological polar surface area (TPSA) is 12.0 Å². The Kier molecular flexibility index (Phi) is 3.20. The Hall–Kier alpha value is -0.0400. The maximum Gasteiger partial charge on any atom is 0.00701 e. The van der Waals surface area contributed by atoms with Gasteiger partial charge in [0.25, 0.3) is 0 Å². The van der Waals surface area contributed by atoms with Gasteiger partial charge in [0.05, 0.1) is 0 Å². The molecule has 1 aliphatic heterocycles. The van der Waals surface area contributed by atoms with Crippen molar-refractivity contribution in [2.75, 3.05) is 0 Å². The van der Waals surface area contributed by atoms with Gasteiger partial charge in [-0.1, -0.05) is 20.3 Å². The summed E-state index contributed by atoms with van der Waals surface area (Å²) in [5, 5.41) is 3.64. The third kappa shape index (κ3) is 1.98. The van der Waals surface area contributed by atoms with Crippen LogP contribution in [0.4, 0.5) is 0 Å². The molecule has 0 aromatic heterocycles. The molecule has 60 valence electrons. The Morgan fingerprint density at radius 1 is 1.20 bits per heavy atom. The lowest BCUT2D eigenvalue weighted by molar-refractivity contribution is 0.498. The normalized spacial score (nSPS) is 33.0. The number of rotatable bonds is 3. The highest BCUT2D eigenvalue weighted by Gasteiger charge is 2.20. The number of nitrogens with one attached hydrogen (secondary N) is 1. The molecule has 0 bridgehead atoms. The minimum atomic E-state index is 0.830. The zero-order valence-corrected chi connectivity index (χ0v) is 7.19. The first-order valence-corrected chi connectivity index (χ1v) is 4.62. The van der Waals surface area contributed by atoms with Crippen LogP contribution in [0.25, 0.3) is 0 Å². The van der Waals surface area contributed by atoms with E-state index in [1.54, 1.807) is 0 Å². The fraction of sp³-hybridized carbons (Fsp3) is 1.00. The zero-order chi connectivity index (χ0) is 7.40. The Bertz CT molecular complexity index is 90.7. The van der Waals surface area contributed by atoms with Crippen molar-refractivity contribution in [3.63, 3.8) is 0 Å². The SMILES string of the molecule is CCC[C@H]1CC[C@@H](CC)N1. The average molecular weight is 141 g/mol. The predicted molar refractivity (Wildman–Crippen MR) is 45.1 cm³/mol. The van der Waals surface area contributed by atoms with Crippen molar-refractivity contribution in [3.05, 3.63) is 0 Å². The van der Waals surface area contributed by atoms with Crippen LogP contribution in [0.1, 0.15) is 46.0 Å². The van der Waals surface area contributed by atoms with Gasteiger partial charge in [-0.15, -0.1) is 0 Å². The molecule has 1 N–H and O–H groups in total. The summed E-state index contributed by atoms with van der Waals surface area (Å²) >= 11 is 0. The van der Waals surface area contributed by atoms with Crippen LogP contribution in [0.3, 0.4) is 0 Å². The lowest BCUT2D eigenvalue weighted by Gasteiger charge is -2.10. The highest BCUT2D eigenvalue weighted by molar-refractivity contribution is 4.81. The monoisotopic (exact) mass is 141 g/mol. The summed E-state index contributed by atoms with van der Waals surface area (Å²) in [6, 6.07) is 1.67. The second kappa shape index (κ2) is 3.97. The molecule has 1 fully saturated rings. The standard InChI is InChI=1S/C9H19N/c1-3-5-9-7-6-8(4-2)10-9/h8-10H,3-7H2,1-2H3/t8-,9+/m1/s1. The molecule has 0 aromatic carbocycles. The van der Waals surface area contributed by atoms with Crippen LogP contribution in [0.5, 0.6) is 0 Å². The van der Waals surface area contributed by atoms with Crippen LogP contribution in [0.2, 0.25) is 0 Å². The Balaban J connectivity index is 2.15. The maximum atomic E-state index is 3.64. The minimum Gasteiger partial charge on any atom is -0.311 e. The second-order valence-corrected chi connectivity index (χ2v) is 3.33. The predicted octanol–water partition coefficient (Wildman–Crippen LogP) is 2.32. The van der Waals surface area contributed by atoms with Crippen molar-refractivity contribution in [2.24, 2.45) is 0 Å². The molecule has 0 saturated carbocycles. The van der Waals surface area contributed by atoms with Crippen LogP contribution in [0.15, 0.2) is 0 Å². The molecule has 0 aromatic rings. The van der Waals surface area contributed by atoms with E-state index in [2.05, 4.69) is 19.2 Å². The van der Waals surface area contributed by atoms with Gasteiger partial charge in [0.1, 0.15) is 0 Å². The first-order chi connectivity index (χ1) is 4.86. The summed E-state index contributed by atoms with van der Waals surface area (Å²) in [5.41, 5.74) is 0. The van der Waals surface area contributed by atoms with Gasteiger partial charge in [-0.3, -0.25) is 0 Å². The summed E-state index contributed by atoms with van der Waals surface area (Å²) in [7, 11) is 0. The van der Waals surface area contributed by atoms with Crippen molar-refractivity contribution in [1.82, 2.24) is 5.32 Å². The molecule has 1 heterocycles. The van der Waals surface area contributed by atoms with Crippen LogP contribution >= 0.6 is 0 Å². The molecular weight excluding hydrogens is 122 g/mol. The van der Waals surface area contributed by atoms with Crippen molar-refractivity contribution >= 4 is 0 Å². The van der Waals surface area contributed by atoms with E-state index in [0.717, 1.165) is 12.1 Å². The molecule has 0 radical (unpaired) electrons. The van der Waals surface area contributed by atoms with E-state index in [1.165, 1.54) is 32.1 Å². The number of hydrogen-bond donors (Lipinski definition) is 1. The van der Waals surface area contributed by atoms with Gasteiger partial charge in [0.15, 0.2) is 0 Å². The van der Waals surface area contributed by atoms with Gasteiger partial charge in [-0.25, -0.2) is 0 Å². The Morgan fingerprint density at radius 3 is 2.40 bits per heavy atom. The third-order valence-electron chi connectivity index (χ3n) is 2.46. The molecule has 1 aliphatic rings. The fourth-order valence-electron chi connectivity index (χ4n) is 1.80. The molecular formula is C9H19N. The van der Waals surface area contributed by atoms with Gasteiger partial charge in [-0.2, -0.15) is 0 Å². The Morgan fingerprint density at radius 2 is 1.90 bits per heavy atom. The van der Waals surface area contributed by atoms with Crippen molar-refractivity contribution < 1.29 is 0 Å². The van der Waals surface area contributed by atoms with Crippen LogP contribution < -0.4 is 5.32 Å². The van der Waals surface area contributed by atoms with Crippen molar-refractivity contribution in [2.45, 2.75) is 58.0 Å². The summed E-state index contributed by atoms with van der Waals surface area (Å²) in [6.07, 6.45) is 6.82. The molecule has 0 aliphatic carbocycles. The third-order valence-corrected chi connectivity index (χ3v) is 2.46. The van der Waals surface area contributed by atoms with E-state index in [9.17, 15) is 0 Å². The molecule has 1 rings (SSSR count). The maximum absolute atomic E-state index is 3.64. The van der Waals surface area contributed by atoms with E-state index in [1.807, 2.05) is 0 Å². The van der Waals surface area contributed by atoms with Crippen molar-refractivity contribution in [3.8, 4) is 0 Å². The largest absolute Gasteiger partial charge is 0.311 e. The van der Waals surface area contributed by atoms with Crippen molar-refractivity contribution in [1.29, 1.82) is 0 Å². The number of hydrogen-bond acceptors (Lipinski definition) is 1. The van der Waals surface area contributed by atoms with Gasteiger partial charge >= 0.3 is 0 Å². The summed E-state index contributed by atoms with van der Waals surface area (Å²) in [6.45, 7) is 4.53. The van der Waals surface area contributed by atoms with Gasteiger partial charge in [0.2, 0.25) is 0 Å². The Labute approximate surface area is 64.2 Å². The summed E-state index contributed by atoms with van der Waals surface area (Å²) < 4.78 is 0. The smallest absolute Gasteiger partial charge is 0.00701 e. The van der Waals surface area contributed by atoms with E-state index >= 15 is 0 Å². The molecule has 1 heteroatoms. The lowest BCUT2D eigenvalue weighted by Crippen LogP contribution is -2.28. The summed E-state index contributed by atoms with van der Waals surface area (Å²) in [4.78, 5) is 0.